The summed E-state index contributed by atoms with van der Waals surface area (Å²) in [6.07, 6.45) is 4.98. The van der Waals surface area contributed by atoms with Crippen molar-refractivity contribution in [2.75, 3.05) is 11.5 Å². The first-order valence-corrected chi connectivity index (χ1v) is 4.06. The van der Waals surface area contributed by atoms with Crippen LogP contribution in [0.1, 0.15) is 0 Å². The molecule has 0 aromatic carbocycles. The highest BCUT2D eigenvalue weighted by Gasteiger charge is 2.03. The Morgan fingerprint density at radius 2 is 1.79 bits per heavy atom. The van der Waals surface area contributed by atoms with Crippen LogP contribution in [-0.2, 0) is 0 Å². The lowest BCUT2D eigenvalue weighted by Crippen LogP contribution is -2.00. The molecule has 0 radical (unpaired) electrons. The van der Waals surface area contributed by atoms with E-state index < -0.39 is 0 Å². The third kappa shape index (κ3) is 1.47. The highest BCUT2D eigenvalue weighted by Crippen LogP contribution is 2.22. The largest absolute Gasteiger partial charge is 0.383 e. The molecular weight excluding hydrogens is 178 g/mol. The van der Waals surface area contributed by atoms with Crippen LogP contribution in [0.2, 0.25) is 0 Å². The van der Waals surface area contributed by atoms with E-state index in [0.29, 0.717) is 5.82 Å². The Morgan fingerprint density at radius 3 is 2.43 bits per heavy atom. The van der Waals surface area contributed by atoms with Crippen LogP contribution in [0.15, 0.2) is 30.7 Å². The number of nitrogen functional groups attached to an aromatic ring is 2. The predicted octanol–water partition coefficient (Wildman–Crippen LogP) is 0.703. The van der Waals surface area contributed by atoms with Crippen molar-refractivity contribution in [3.05, 3.63) is 30.7 Å². The van der Waals surface area contributed by atoms with E-state index in [1.54, 1.807) is 18.6 Å². The van der Waals surface area contributed by atoms with E-state index >= 15 is 0 Å². The minimum atomic E-state index is 0.181. The molecule has 0 unspecified atom stereocenters. The summed E-state index contributed by atoms with van der Waals surface area (Å²) < 4.78 is 0. The Labute approximate surface area is 80.8 Å². The lowest BCUT2D eigenvalue weighted by molar-refractivity contribution is 1.19. The van der Waals surface area contributed by atoms with Crippen molar-refractivity contribution in [1.82, 2.24) is 15.0 Å². The molecule has 0 saturated heterocycles. The van der Waals surface area contributed by atoms with E-state index in [4.69, 9.17) is 11.5 Å². The van der Waals surface area contributed by atoms with Gasteiger partial charge in [0.25, 0.3) is 0 Å². The smallest absolute Gasteiger partial charge is 0.221 e. The van der Waals surface area contributed by atoms with Gasteiger partial charge in [-0.15, -0.1) is 0 Å². The van der Waals surface area contributed by atoms with E-state index in [2.05, 4.69) is 15.0 Å². The van der Waals surface area contributed by atoms with Crippen LogP contribution in [0.5, 0.6) is 0 Å². The maximum absolute atomic E-state index is 5.70. The van der Waals surface area contributed by atoms with Crippen LogP contribution >= 0.6 is 0 Å². The fourth-order valence-corrected chi connectivity index (χ4v) is 1.16. The maximum Gasteiger partial charge on any atom is 0.221 e. The van der Waals surface area contributed by atoms with Crippen molar-refractivity contribution in [2.45, 2.75) is 0 Å². The number of pyridine rings is 1. The summed E-state index contributed by atoms with van der Waals surface area (Å²) in [6, 6.07) is 3.68. The van der Waals surface area contributed by atoms with Gasteiger partial charge in [-0.25, -0.2) is 4.98 Å². The molecule has 0 fully saturated rings. The molecule has 5 heteroatoms. The zero-order chi connectivity index (χ0) is 9.97. The van der Waals surface area contributed by atoms with Crippen molar-refractivity contribution >= 4 is 11.8 Å². The normalized spacial score (nSPS) is 10.0. The second-order valence-electron chi connectivity index (χ2n) is 2.76. The van der Waals surface area contributed by atoms with Crippen LogP contribution in [-0.4, -0.2) is 15.0 Å². The lowest BCUT2D eigenvalue weighted by Gasteiger charge is -2.03. The van der Waals surface area contributed by atoms with E-state index in [0.717, 1.165) is 11.1 Å². The Balaban J connectivity index is 2.53. The van der Waals surface area contributed by atoms with Gasteiger partial charge >= 0.3 is 0 Å². The van der Waals surface area contributed by atoms with E-state index in [9.17, 15) is 0 Å². The Morgan fingerprint density at radius 1 is 1.07 bits per heavy atom. The minimum absolute atomic E-state index is 0.181. The van der Waals surface area contributed by atoms with Crippen LogP contribution in [0.25, 0.3) is 11.1 Å². The Bertz CT molecular complexity index is 440. The van der Waals surface area contributed by atoms with Crippen molar-refractivity contribution in [3.63, 3.8) is 0 Å². The zero-order valence-electron chi connectivity index (χ0n) is 7.38. The van der Waals surface area contributed by atoms with Crippen LogP contribution in [0.3, 0.4) is 0 Å². The Hall–Kier alpha value is -2.17. The number of anilines is 2. The van der Waals surface area contributed by atoms with E-state index in [1.165, 1.54) is 0 Å². The SMILES string of the molecule is Nc1ncc(-c2ccncc2)c(N)n1. The average Bonchev–Trinajstić information content (AvgIpc) is 2.19. The van der Waals surface area contributed by atoms with Gasteiger partial charge in [0.1, 0.15) is 5.82 Å². The molecule has 0 spiro atoms. The molecule has 2 aromatic heterocycles. The standard InChI is InChI=1S/C9H9N5/c10-8-7(5-13-9(11)14-8)6-1-3-12-4-2-6/h1-5H,(H4,10,11,13,14). The summed E-state index contributed by atoms with van der Waals surface area (Å²) in [5.74, 6) is 0.559. The molecule has 70 valence electrons. The number of nitrogens with two attached hydrogens (primary N) is 2. The number of nitrogens with zero attached hydrogens (tertiary/aromatic N) is 3. The fraction of sp³-hybridized carbons (Fsp3) is 0. The molecule has 2 rings (SSSR count). The van der Waals surface area contributed by atoms with Gasteiger partial charge in [0.05, 0.1) is 0 Å². The average molecular weight is 187 g/mol. The lowest BCUT2D eigenvalue weighted by atomic mass is 10.1. The van der Waals surface area contributed by atoms with Gasteiger partial charge in [-0.3, -0.25) is 4.98 Å². The van der Waals surface area contributed by atoms with Crippen molar-refractivity contribution in [3.8, 4) is 11.1 Å². The van der Waals surface area contributed by atoms with E-state index in [-0.39, 0.29) is 5.95 Å². The number of hydrogen-bond donors (Lipinski definition) is 2. The highest BCUT2D eigenvalue weighted by atomic mass is 15.0. The molecule has 2 aromatic rings. The first-order valence-electron chi connectivity index (χ1n) is 4.06. The fourth-order valence-electron chi connectivity index (χ4n) is 1.16. The second-order valence-corrected chi connectivity index (χ2v) is 2.76. The second kappa shape index (κ2) is 3.29. The third-order valence-electron chi connectivity index (χ3n) is 1.83. The molecule has 0 amide bonds. The summed E-state index contributed by atoms with van der Waals surface area (Å²) >= 11 is 0. The topological polar surface area (TPSA) is 90.7 Å². The molecule has 0 aliphatic carbocycles. The predicted molar refractivity (Wildman–Crippen MR) is 54.1 cm³/mol. The highest BCUT2D eigenvalue weighted by molar-refractivity contribution is 5.72. The van der Waals surface area contributed by atoms with Gasteiger partial charge in [-0.2, -0.15) is 4.98 Å². The molecule has 0 aliphatic heterocycles. The minimum Gasteiger partial charge on any atom is -0.383 e. The van der Waals surface area contributed by atoms with Crippen molar-refractivity contribution < 1.29 is 0 Å². The van der Waals surface area contributed by atoms with Gasteiger partial charge in [0, 0.05) is 24.2 Å². The summed E-state index contributed by atoms with van der Waals surface area (Å²) in [7, 11) is 0. The summed E-state index contributed by atoms with van der Waals surface area (Å²) in [4.78, 5) is 11.7. The first kappa shape index (κ1) is 8.43. The van der Waals surface area contributed by atoms with Crippen LogP contribution in [0, 0.1) is 0 Å². The zero-order valence-corrected chi connectivity index (χ0v) is 7.38. The molecule has 14 heavy (non-hydrogen) atoms. The van der Waals surface area contributed by atoms with Gasteiger partial charge in [-0.05, 0) is 17.7 Å². The number of aromatic nitrogens is 3. The number of rotatable bonds is 1. The van der Waals surface area contributed by atoms with E-state index in [1.807, 2.05) is 12.1 Å². The molecule has 0 atom stereocenters. The maximum atomic E-state index is 5.70. The van der Waals surface area contributed by atoms with Gasteiger partial charge in [0.2, 0.25) is 5.95 Å². The number of hydrogen-bond acceptors (Lipinski definition) is 5. The van der Waals surface area contributed by atoms with Crippen molar-refractivity contribution in [2.24, 2.45) is 0 Å². The third-order valence-corrected chi connectivity index (χ3v) is 1.83. The molecular formula is C9H9N5. The summed E-state index contributed by atoms with van der Waals surface area (Å²) in [6.45, 7) is 0. The summed E-state index contributed by atoms with van der Waals surface area (Å²) in [5, 5.41) is 0. The van der Waals surface area contributed by atoms with Crippen LogP contribution in [0.4, 0.5) is 11.8 Å². The molecule has 0 aliphatic rings. The van der Waals surface area contributed by atoms with Crippen LogP contribution < -0.4 is 11.5 Å². The quantitative estimate of drug-likeness (QED) is 0.685. The van der Waals surface area contributed by atoms with Gasteiger partial charge in [-0.1, -0.05) is 0 Å². The molecule has 0 saturated carbocycles. The van der Waals surface area contributed by atoms with Gasteiger partial charge < -0.3 is 11.5 Å². The molecule has 0 bridgehead atoms. The molecule has 5 nitrogen and oxygen atoms in total. The van der Waals surface area contributed by atoms with Gasteiger partial charge in [0.15, 0.2) is 0 Å². The molecule has 2 heterocycles. The molecule has 4 N–H and O–H groups in total. The monoisotopic (exact) mass is 187 g/mol. The summed E-state index contributed by atoms with van der Waals surface area (Å²) in [5.41, 5.74) is 12.8. The van der Waals surface area contributed by atoms with Crippen molar-refractivity contribution in [1.29, 1.82) is 0 Å². The first-order chi connectivity index (χ1) is 6.77. The Kier molecular flexibility index (Phi) is 1.98.